The van der Waals surface area contributed by atoms with E-state index in [1.54, 1.807) is 18.2 Å². The van der Waals surface area contributed by atoms with Crippen LogP contribution in [0.15, 0.2) is 47.8 Å². The number of nitro benzene ring substituents is 1. The molecular weight excluding hydrogens is 407 g/mol. The minimum absolute atomic E-state index is 0. The van der Waals surface area contributed by atoms with Crippen molar-refractivity contribution in [3.63, 3.8) is 0 Å². The Kier molecular flexibility index (Phi) is 5.46. The Bertz CT molecular complexity index is 855. The number of halogens is 3. The van der Waals surface area contributed by atoms with Crippen LogP contribution < -0.4 is 0 Å². The minimum Gasteiger partial charge on any atom is -0.258 e. The van der Waals surface area contributed by atoms with Crippen molar-refractivity contribution in [2.24, 2.45) is 0 Å². The minimum atomic E-state index is -0.474. The van der Waals surface area contributed by atoms with Crippen LogP contribution in [0.1, 0.15) is 0 Å². The lowest BCUT2D eigenvalue weighted by molar-refractivity contribution is -0.384. The molecule has 0 aliphatic carbocycles. The summed E-state index contributed by atoms with van der Waals surface area (Å²) in [5, 5.41) is 13.2. The Morgan fingerprint density at radius 2 is 1.78 bits per heavy atom. The Balaban J connectivity index is 0.00000192. The average molecular weight is 416 g/mol. The number of rotatable bonds is 3. The van der Waals surface area contributed by atoms with Crippen molar-refractivity contribution in [2.45, 2.75) is 0 Å². The molecule has 0 aliphatic heterocycles. The molecule has 0 fully saturated rings. The quantitative estimate of drug-likeness (QED) is 0.404. The van der Waals surface area contributed by atoms with Crippen molar-refractivity contribution in [1.82, 2.24) is 4.98 Å². The molecule has 0 bridgehead atoms. The standard InChI is InChI=1S/C15H8ClFN2O2S.BrH/c16-12-7-10(3-6-13(12)17)15-18-14(8-22-15)9-1-4-11(5-2-9)19(20)21;/h1-8H;1H. The molecule has 4 nitrogen and oxygen atoms in total. The van der Waals surface area contributed by atoms with Gasteiger partial charge < -0.3 is 0 Å². The van der Waals surface area contributed by atoms with Gasteiger partial charge in [0.1, 0.15) is 10.8 Å². The Hall–Kier alpha value is -1.83. The molecule has 3 aromatic rings. The summed E-state index contributed by atoms with van der Waals surface area (Å²) in [5.74, 6) is -0.474. The van der Waals surface area contributed by atoms with E-state index in [0.29, 0.717) is 10.7 Å². The summed E-state index contributed by atoms with van der Waals surface area (Å²) < 4.78 is 13.2. The fourth-order valence-electron chi connectivity index (χ4n) is 1.92. The van der Waals surface area contributed by atoms with Crippen LogP contribution in [0.4, 0.5) is 10.1 Å². The highest BCUT2D eigenvalue weighted by Crippen LogP contribution is 2.31. The van der Waals surface area contributed by atoms with E-state index in [9.17, 15) is 14.5 Å². The van der Waals surface area contributed by atoms with Crippen molar-refractivity contribution >= 4 is 45.6 Å². The third kappa shape index (κ3) is 3.74. The van der Waals surface area contributed by atoms with Crippen molar-refractivity contribution in [3.8, 4) is 21.8 Å². The van der Waals surface area contributed by atoms with Gasteiger partial charge in [0.25, 0.3) is 5.69 Å². The van der Waals surface area contributed by atoms with Gasteiger partial charge in [0.05, 0.1) is 15.6 Å². The highest BCUT2D eigenvalue weighted by molar-refractivity contribution is 8.93. The summed E-state index contributed by atoms with van der Waals surface area (Å²) in [7, 11) is 0. The van der Waals surface area contributed by atoms with E-state index < -0.39 is 10.7 Å². The van der Waals surface area contributed by atoms with Gasteiger partial charge in [0.15, 0.2) is 0 Å². The van der Waals surface area contributed by atoms with Crippen molar-refractivity contribution in [2.75, 3.05) is 0 Å². The van der Waals surface area contributed by atoms with Crippen molar-refractivity contribution < 1.29 is 9.31 Å². The molecule has 0 unspecified atom stereocenters. The van der Waals surface area contributed by atoms with Gasteiger partial charge >= 0.3 is 0 Å². The van der Waals surface area contributed by atoms with E-state index in [-0.39, 0.29) is 27.7 Å². The normalized spacial score (nSPS) is 10.2. The topological polar surface area (TPSA) is 56.0 Å². The maximum atomic E-state index is 13.2. The lowest BCUT2D eigenvalue weighted by Gasteiger charge is -1.99. The first kappa shape index (κ1) is 17.5. The monoisotopic (exact) mass is 414 g/mol. The zero-order valence-electron chi connectivity index (χ0n) is 11.4. The highest BCUT2D eigenvalue weighted by atomic mass is 79.9. The third-order valence-electron chi connectivity index (χ3n) is 3.04. The van der Waals surface area contributed by atoms with Gasteiger partial charge in [-0.25, -0.2) is 9.37 Å². The van der Waals surface area contributed by atoms with Gasteiger partial charge in [-0.05, 0) is 30.3 Å². The molecule has 0 saturated heterocycles. The summed E-state index contributed by atoms with van der Waals surface area (Å²) >= 11 is 7.17. The number of nitro groups is 1. The number of nitrogens with zero attached hydrogens (tertiary/aromatic N) is 2. The van der Waals surface area contributed by atoms with E-state index in [1.807, 2.05) is 5.38 Å². The van der Waals surface area contributed by atoms with Crippen LogP contribution in [0.3, 0.4) is 0 Å². The van der Waals surface area contributed by atoms with E-state index in [4.69, 9.17) is 11.6 Å². The molecule has 2 aromatic carbocycles. The van der Waals surface area contributed by atoms with Crippen LogP contribution in [0.2, 0.25) is 5.02 Å². The van der Waals surface area contributed by atoms with Crippen LogP contribution in [-0.4, -0.2) is 9.91 Å². The Morgan fingerprint density at radius 1 is 1.13 bits per heavy atom. The zero-order valence-corrected chi connectivity index (χ0v) is 14.7. The van der Waals surface area contributed by atoms with Crippen LogP contribution in [-0.2, 0) is 0 Å². The number of hydrogen-bond acceptors (Lipinski definition) is 4. The predicted octanol–water partition coefficient (Wildman–Crippen LogP) is 5.76. The highest BCUT2D eigenvalue weighted by Gasteiger charge is 2.10. The molecule has 1 aromatic heterocycles. The van der Waals surface area contributed by atoms with Crippen LogP contribution >= 0.6 is 39.9 Å². The smallest absolute Gasteiger partial charge is 0.258 e. The van der Waals surface area contributed by atoms with Gasteiger partial charge in [-0.2, -0.15) is 0 Å². The number of aromatic nitrogens is 1. The summed E-state index contributed by atoms with van der Waals surface area (Å²) in [5.41, 5.74) is 2.24. The van der Waals surface area contributed by atoms with Crippen LogP contribution in [0, 0.1) is 15.9 Å². The SMILES string of the molecule is Br.O=[N+]([O-])c1ccc(-c2csc(-c3ccc(F)c(Cl)c3)n2)cc1. The second-order valence-electron chi connectivity index (χ2n) is 4.47. The number of hydrogen-bond donors (Lipinski definition) is 0. The number of non-ortho nitro benzene ring substituents is 1. The molecule has 0 amide bonds. The van der Waals surface area contributed by atoms with Gasteiger partial charge in [-0.15, -0.1) is 28.3 Å². The van der Waals surface area contributed by atoms with Gasteiger partial charge in [0.2, 0.25) is 0 Å². The molecule has 118 valence electrons. The molecule has 0 N–H and O–H groups in total. The van der Waals surface area contributed by atoms with Gasteiger partial charge in [-0.1, -0.05) is 11.6 Å². The van der Waals surface area contributed by atoms with Crippen molar-refractivity contribution in [1.29, 1.82) is 0 Å². The van der Waals surface area contributed by atoms with E-state index in [2.05, 4.69) is 4.98 Å². The molecule has 3 rings (SSSR count). The van der Waals surface area contributed by atoms with Gasteiger partial charge in [-0.3, -0.25) is 10.1 Å². The first-order valence-electron chi connectivity index (χ1n) is 6.20. The molecule has 0 radical (unpaired) electrons. The first-order chi connectivity index (χ1) is 10.5. The van der Waals surface area contributed by atoms with Gasteiger partial charge in [0, 0.05) is 28.6 Å². The third-order valence-corrected chi connectivity index (χ3v) is 4.23. The second kappa shape index (κ2) is 7.16. The summed E-state index contributed by atoms with van der Waals surface area (Å²) in [6.07, 6.45) is 0. The van der Waals surface area contributed by atoms with Crippen molar-refractivity contribution in [3.05, 3.63) is 68.8 Å². The lowest BCUT2D eigenvalue weighted by atomic mass is 10.1. The molecule has 1 heterocycles. The van der Waals surface area contributed by atoms with Crippen LogP contribution in [0.5, 0.6) is 0 Å². The van der Waals surface area contributed by atoms with E-state index in [1.165, 1.54) is 35.6 Å². The number of thiazole rings is 1. The predicted molar refractivity (Wildman–Crippen MR) is 94.9 cm³/mol. The fourth-order valence-corrected chi connectivity index (χ4v) is 2.93. The van der Waals surface area contributed by atoms with Crippen LogP contribution in [0.25, 0.3) is 21.8 Å². The summed E-state index contributed by atoms with van der Waals surface area (Å²) in [4.78, 5) is 14.7. The summed E-state index contributed by atoms with van der Waals surface area (Å²) in [6, 6.07) is 10.6. The number of benzene rings is 2. The lowest BCUT2D eigenvalue weighted by Crippen LogP contribution is -1.87. The molecule has 0 saturated carbocycles. The largest absolute Gasteiger partial charge is 0.269 e. The van der Waals surface area contributed by atoms with E-state index >= 15 is 0 Å². The Labute approximate surface area is 150 Å². The molecular formula is C15H9BrClFN2O2S. The van der Waals surface area contributed by atoms with E-state index in [0.717, 1.165) is 11.1 Å². The maximum absolute atomic E-state index is 13.2. The molecule has 0 atom stereocenters. The first-order valence-corrected chi connectivity index (χ1v) is 7.46. The average Bonchev–Trinajstić information content (AvgIpc) is 3.00. The summed E-state index contributed by atoms with van der Waals surface area (Å²) in [6.45, 7) is 0. The molecule has 0 spiro atoms. The zero-order chi connectivity index (χ0) is 15.7. The molecule has 0 aliphatic rings. The molecule has 8 heteroatoms. The Morgan fingerprint density at radius 3 is 2.39 bits per heavy atom. The fraction of sp³-hybridized carbons (Fsp3) is 0. The maximum Gasteiger partial charge on any atom is 0.269 e. The molecule has 23 heavy (non-hydrogen) atoms. The second-order valence-corrected chi connectivity index (χ2v) is 5.74.